The van der Waals surface area contributed by atoms with Crippen LogP contribution >= 0.6 is 0 Å². The van der Waals surface area contributed by atoms with E-state index < -0.39 is 5.41 Å². The van der Waals surface area contributed by atoms with Crippen LogP contribution in [0.5, 0.6) is 0 Å². The van der Waals surface area contributed by atoms with Crippen molar-refractivity contribution in [3.8, 4) is 0 Å². The maximum Gasteiger partial charge on any atom is 1.00 e. The fraction of sp³-hybridized carbons (Fsp3) is 0.571. The van der Waals surface area contributed by atoms with Crippen LogP contribution in [0.2, 0.25) is 0 Å². The Balaban J connectivity index is 0. The van der Waals surface area contributed by atoms with Crippen LogP contribution in [-0.4, -0.2) is 6.29 Å². The zero-order valence-electron chi connectivity index (χ0n) is 6.97. The molecule has 0 atom stereocenters. The Bertz CT molecular complexity index is 139. The molecular formula is C7H11NaO2. The van der Waals surface area contributed by atoms with Crippen LogP contribution in [0.3, 0.4) is 0 Å². The topological polar surface area (TPSA) is 40.1 Å². The summed E-state index contributed by atoms with van der Waals surface area (Å²) in [4.78, 5) is 10.2. The molecule has 2 nitrogen and oxygen atoms in total. The standard InChI is InChI=1S/C7H12O2.Na/c1-4-6(9)7(2,3)5-8;/h4-5,9H,1-3H3;/q;+1/p-1. The Labute approximate surface area is 83.6 Å². The van der Waals surface area contributed by atoms with E-state index in [1.165, 1.54) is 6.08 Å². The summed E-state index contributed by atoms with van der Waals surface area (Å²) in [6.45, 7) is 4.83. The van der Waals surface area contributed by atoms with Crippen LogP contribution in [0.4, 0.5) is 0 Å². The average Bonchev–Trinajstić information content (AvgIpc) is 1.86. The molecule has 0 saturated carbocycles. The van der Waals surface area contributed by atoms with Crippen LogP contribution in [-0.2, 0) is 4.79 Å². The minimum Gasteiger partial charge on any atom is -0.875 e. The Morgan fingerprint density at radius 3 is 2.00 bits per heavy atom. The van der Waals surface area contributed by atoms with E-state index >= 15 is 0 Å². The molecule has 0 aliphatic rings. The van der Waals surface area contributed by atoms with Gasteiger partial charge in [-0.1, -0.05) is 19.9 Å². The predicted octanol–water partition coefficient (Wildman–Crippen LogP) is -2.52. The smallest absolute Gasteiger partial charge is 0.875 e. The average molecular weight is 150 g/mol. The summed E-state index contributed by atoms with van der Waals surface area (Å²) < 4.78 is 0. The van der Waals surface area contributed by atoms with Gasteiger partial charge in [0, 0.05) is 5.41 Å². The predicted molar refractivity (Wildman–Crippen MR) is 33.6 cm³/mol. The van der Waals surface area contributed by atoms with Crippen molar-refractivity contribution in [2.75, 3.05) is 0 Å². The van der Waals surface area contributed by atoms with Crippen molar-refractivity contribution in [1.82, 2.24) is 0 Å². The molecule has 0 unspecified atom stereocenters. The Morgan fingerprint density at radius 1 is 1.50 bits per heavy atom. The monoisotopic (exact) mass is 150 g/mol. The number of carbonyl (C=O) groups excluding carboxylic acids is 1. The van der Waals surface area contributed by atoms with Gasteiger partial charge < -0.3 is 9.90 Å². The van der Waals surface area contributed by atoms with Gasteiger partial charge in [-0.15, -0.1) is 5.76 Å². The van der Waals surface area contributed by atoms with Crippen molar-refractivity contribution in [1.29, 1.82) is 0 Å². The maximum atomic E-state index is 10.8. The van der Waals surface area contributed by atoms with Gasteiger partial charge in [-0.25, -0.2) is 0 Å². The Kier molecular flexibility index (Phi) is 6.35. The SMILES string of the molecule is CC=C([O-])C(C)(C)C=O.[Na+]. The fourth-order valence-corrected chi connectivity index (χ4v) is 0.430. The fourth-order valence-electron chi connectivity index (χ4n) is 0.430. The number of allylic oxidation sites excluding steroid dienone is 2. The second kappa shape index (κ2) is 4.94. The van der Waals surface area contributed by atoms with Crippen molar-refractivity contribution in [3.05, 3.63) is 11.8 Å². The van der Waals surface area contributed by atoms with Crippen molar-refractivity contribution < 1.29 is 39.5 Å². The first-order valence-electron chi connectivity index (χ1n) is 2.84. The van der Waals surface area contributed by atoms with Crippen LogP contribution in [0.15, 0.2) is 11.8 Å². The van der Waals surface area contributed by atoms with Gasteiger partial charge in [-0.05, 0) is 6.92 Å². The Morgan fingerprint density at radius 2 is 1.90 bits per heavy atom. The largest absolute Gasteiger partial charge is 1.00 e. The first-order valence-corrected chi connectivity index (χ1v) is 2.84. The molecular weight excluding hydrogens is 139 g/mol. The maximum absolute atomic E-state index is 10.8. The first-order chi connectivity index (χ1) is 4.04. The molecule has 0 aromatic heterocycles. The van der Waals surface area contributed by atoms with E-state index in [4.69, 9.17) is 0 Å². The zero-order chi connectivity index (χ0) is 7.49. The summed E-state index contributed by atoms with van der Waals surface area (Å²) in [6, 6.07) is 0. The third-order valence-electron chi connectivity index (χ3n) is 1.19. The molecule has 0 saturated heterocycles. The molecule has 0 amide bonds. The van der Waals surface area contributed by atoms with E-state index in [9.17, 15) is 9.90 Å². The zero-order valence-corrected chi connectivity index (χ0v) is 8.97. The molecule has 0 aliphatic heterocycles. The van der Waals surface area contributed by atoms with Crippen LogP contribution in [0.1, 0.15) is 20.8 Å². The summed E-state index contributed by atoms with van der Waals surface area (Å²) in [5, 5.41) is 10.8. The van der Waals surface area contributed by atoms with Crippen LogP contribution < -0.4 is 34.7 Å². The molecule has 0 aromatic carbocycles. The normalized spacial score (nSPS) is 12.1. The van der Waals surface area contributed by atoms with Crippen molar-refractivity contribution in [2.45, 2.75) is 20.8 Å². The molecule has 0 heterocycles. The molecule has 0 aromatic rings. The van der Waals surface area contributed by atoms with Crippen molar-refractivity contribution in [2.24, 2.45) is 5.41 Å². The minimum absolute atomic E-state index is 0. The number of carbonyl (C=O) groups is 1. The number of hydrogen-bond donors (Lipinski definition) is 0. The van der Waals surface area contributed by atoms with E-state index in [1.807, 2.05) is 0 Å². The van der Waals surface area contributed by atoms with Gasteiger partial charge in [0.1, 0.15) is 6.29 Å². The quantitative estimate of drug-likeness (QED) is 0.247. The van der Waals surface area contributed by atoms with Crippen LogP contribution in [0, 0.1) is 5.41 Å². The first kappa shape index (κ1) is 12.8. The third-order valence-corrected chi connectivity index (χ3v) is 1.19. The van der Waals surface area contributed by atoms with E-state index in [2.05, 4.69) is 0 Å². The van der Waals surface area contributed by atoms with E-state index in [0.717, 1.165) is 0 Å². The van der Waals surface area contributed by atoms with Gasteiger partial charge in [0.15, 0.2) is 0 Å². The van der Waals surface area contributed by atoms with Gasteiger partial charge in [0.05, 0.1) is 0 Å². The molecule has 0 rings (SSSR count). The van der Waals surface area contributed by atoms with Gasteiger partial charge in [-0.3, -0.25) is 0 Å². The molecule has 0 radical (unpaired) electrons. The third kappa shape index (κ3) is 3.40. The molecule has 0 bridgehead atoms. The van der Waals surface area contributed by atoms with E-state index in [0.29, 0.717) is 6.29 Å². The van der Waals surface area contributed by atoms with E-state index in [-0.39, 0.29) is 35.3 Å². The summed E-state index contributed by atoms with van der Waals surface area (Å²) in [7, 11) is 0. The van der Waals surface area contributed by atoms with Crippen molar-refractivity contribution >= 4 is 6.29 Å². The summed E-state index contributed by atoms with van der Waals surface area (Å²) in [6.07, 6.45) is 2.07. The van der Waals surface area contributed by atoms with Gasteiger partial charge in [-0.2, -0.15) is 0 Å². The van der Waals surface area contributed by atoms with Crippen molar-refractivity contribution in [3.63, 3.8) is 0 Å². The van der Waals surface area contributed by atoms with Gasteiger partial charge >= 0.3 is 29.6 Å². The second-order valence-corrected chi connectivity index (χ2v) is 2.49. The number of hydrogen-bond acceptors (Lipinski definition) is 2. The van der Waals surface area contributed by atoms with Gasteiger partial charge in [0.2, 0.25) is 0 Å². The Hall–Kier alpha value is 0.210. The number of rotatable bonds is 2. The number of aldehydes is 1. The molecule has 10 heavy (non-hydrogen) atoms. The molecule has 0 N–H and O–H groups in total. The molecule has 0 fully saturated rings. The molecule has 3 heteroatoms. The van der Waals surface area contributed by atoms with E-state index in [1.54, 1.807) is 20.8 Å². The molecule has 0 aliphatic carbocycles. The molecule has 0 spiro atoms. The van der Waals surface area contributed by atoms with Crippen LogP contribution in [0.25, 0.3) is 0 Å². The van der Waals surface area contributed by atoms with Gasteiger partial charge in [0.25, 0.3) is 0 Å². The summed E-state index contributed by atoms with van der Waals surface area (Å²) >= 11 is 0. The second-order valence-electron chi connectivity index (χ2n) is 2.49. The summed E-state index contributed by atoms with van der Waals surface area (Å²) in [5.41, 5.74) is -0.825. The minimum atomic E-state index is -0.825. The molecule has 52 valence electrons. The summed E-state index contributed by atoms with van der Waals surface area (Å²) in [5.74, 6) is -0.127.